The Balaban J connectivity index is 5.06. The van der Waals surface area contributed by atoms with E-state index in [1.807, 2.05) is 0 Å². The van der Waals surface area contributed by atoms with E-state index < -0.39 is 5.97 Å². The van der Waals surface area contributed by atoms with Crippen LogP contribution in [0.4, 0.5) is 0 Å². The summed E-state index contributed by atoms with van der Waals surface area (Å²) in [6, 6.07) is 0. The number of carboxylic acid groups (broad SMARTS) is 1. The van der Waals surface area contributed by atoms with Crippen LogP contribution in [0.15, 0.2) is 34.9 Å². The standard InChI is InChI=1S/C9H11ClO2/c1-4-8(10)7(9(11)12)5-6(2)3/h4-5H,1H2,2-3H3,(H,11,12)/b8-7-. The van der Waals surface area contributed by atoms with Crippen LogP contribution in [0.5, 0.6) is 0 Å². The van der Waals surface area contributed by atoms with Gasteiger partial charge >= 0.3 is 5.97 Å². The molecule has 0 fully saturated rings. The van der Waals surface area contributed by atoms with Crippen molar-refractivity contribution in [3.8, 4) is 0 Å². The Hall–Kier alpha value is -1.02. The molecule has 0 aliphatic heterocycles. The summed E-state index contributed by atoms with van der Waals surface area (Å²) in [5, 5.41) is 8.85. The molecule has 0 aromatic rings. The summed E-state index contributed by atoms with van der Waals surface area (Å²) >= 11 is 5.61. The first-order valence-corrected chi connectivity index (χ1v) is 3.77. The second-order valence-electron chi connectivity index (χ2n) is 2.49. The molecule has 2 nitrogen and oxygen atoms in total. The van der Waals surface area contributed by atoms with E-state index in [1.54, 1.807) is 13.8 Å². The molecule has 0 aliphatic carbocycles. The van der Waals surface area contributed by atoms with E-state index in [2.05, 4.69) is 6.58 Å². The molecule has 0 bridgehead atoms. The van der Waals surface area contributed by atoms with Gasteiger partial charge in [0.25, 0.3) is 0 Å². The van der Waals surface area contributed by atoms with Gasteiger partial charge in [-0.15, -0.1) is 0 Å². The molecular weight excluding hydrogens is 176 g/mol. The van der Waals surface area contributed by atoms with Gasteiger partial charge in [-0.25, -0.2) is 4.79 Å². The number of carboxylic acids is 1. The number of rotatable bonds is 3. The summed E-state index contributed by atoms with van der Waals surface area (Å²) in [5.41, 5.74) is 0.957. The zero-order chi connectivity index (χ0) is 9.72. The minimum Gasteiger partial charge on any atom is -0.478 e. The van der Waals surface area contributed by atoms with Gasteiger partial charge in [0.2, 0.25) is 0 Å². The number of aliphatic carboxylic acids is 1. The topological polar surface area (TPSA) is 37.3 Å². The lowest BCUT2D eigenvalue weighted by Crippen LogP contribution is -1.99. The third-order valence-electron chi connectivity index (χ3n) is 1.10. The molecule has 0 unspecified atom stereocenters. The van der Waals surface area contributed by atoms with Crippen molar-refractivity contribution in [1.29, 1.82) is 0 Å². The summed E-state index contributed by atoms with van der Waals surface area (Å²) in [4.78, 5) is 10.6. The fraction of sp³-hybridized carbons (Fsp3) is 0.222. The highest BCUT2D eigenvalue weighted by atomic mass is 35.5. The Labute approximate surface area is 76.8 Å². The summed E-state index contributed by atoms with van der Waals surface area (Å²) < 4.78 is 0. The average Bonchev–Trinajstić information content (AvgIpc) is 1.98. The summed E-state index contributed by atoms with van der Waals surface area (Å²) in [6.07, 6.45) is 2.82. The predicted molar refractivity (Wildman–Crippen MR) is 50.1 cm³/mol. The first kappa shape index (κ1) is 11.0. The van der Waals surface area contributed by atoms with Crippen LogP contribution in [0.1, 0.15) is 13.8 Å². The lowest BCUT2D eigenvalue weighted by atomic mass is 10.2. The highest BCUT2D eigenvalue weighted by Gasteiger charge is 2.07. The maximum absolute atomic E-state index is 10.6. The van der Waals surface area contributed by atoms with Crippen molar-refractivity contribution in [2.24, 2.45) is 0 Å². The van der Waals surface area contributed by atoms with Crippen LogP contribution in [-0.2, 0) is 4.79 Å². The van der Waals surface area contributed by atoms with Crippen LogP contribution < -0.4 is 0 Å². The van der Waals surface area contributed by atoms with Gasteiger partial charge in [0.1, 0.15) is 0 Å². The zero-order valence-corrected chi connectivity index (χ0v) is 7.85. The lowest BCUT2D eigenvalue weighted by Gasteiger charge is -1.97. The normalized spacial score (nSPS) is 11.6. The van der Waals surface area contributed by atoms with Gasteiger partial charge in [-0.2, -0.15) is 0 Å². The van der Waals surface area contributed by atoms with Crippen molar-refractivity contribution in [2.75, 3.05) is 0 Å². The monoisotopic (exact) mass is 186 g/mol. The molecule has 0 atom stereocenters. The zero-order valence-electron chi connectivity index (χ0n) is 7.10. The first-order valence-electron chi connectivity index (χ1n) is 3.39. The average molecular weight is 187 g/mol. The summed E-state index contributed by atoms with van der Waals surface area (Å²) in [5.74, 6) is -1.04. The van der Waals surface area contributed by atoms with Crippen LogP contribution in [0.3, 0.4) is 0 Å². The molecular formula is C9H11ClO2. The van der Waals surface area contributed by atoms with Gasteiger partial charge in [-0.1, -0.05) is 23.8 Å². The van der Waals surface area contributed by atoms with Crippen LogP contribution in [-0.4, -0.2) is 11.1 Å². The molecule has 0 amide bonds. The molecule has 12 heavy (non-hydrogen) atoms. The smallest absolute Gasteiger partial charge is 0.337 e. The van der Waals surface area contributed by atoms with E-state index in [4.69, 9.17) is 16.7 Å². The van der Waals surface area contributed by atoms with Crippen molar-refractivity contribution < 1.29 is 9.90 Å². The molecule has 66 valence electrons. The number of hydrogen-bond donors (Lipinski definition) is 1. The number of allylic oxidation sites excluding steroid dienone is 3. The second kappa shape index (κ2) is 4.78. The molecule has 3 heteroatoms. The fourth-order valence-electron chi connectivity index (χ4n) is 0.631. The molecule has 0 aromatic heterocycles. The van der Waals surface area contributed by atoms with Crippen molar-refractivity contribution in [3.63, 3.8) is 0 Å². The molecule has 0 aromatic carbocycles. The number of halogens is 1. The van der Waals surface area contributed by atoms with Gasteiger partial charge in [0.05, 0.1) is 10.6 Å². The lowest BCUT2D eigenvalue weighted by molar-refractivity contribution is -0.132. The molecule has 0 saturated carbocycles. The van der Waals surface area contributed by atoms with Crippen LogP contribution in [0.25, 0.3) is 0 Å². The van der Waals surface area contributed by atoms with Crippen LogP contribution in [0, 0.1) is 0 Å². The molecule has 0 saturated heterocycles. The molecule has 0 heterocycles. The third kappa shape index (κ3) is 3.39. The Morgan fingerprint density at radius 3 is 2.25 bits per heavy atom. The highest BCUT2D eigenvalue weighted by molar-refractivity contribution is 6.33. The molecule has 0 rings (SSSR count). The first-order chi connectivity index (χ1) is 5.49. The number of hydrogen-bond acceptors (Lipinski definition) is 1. The highest BCUT2D eigenvalue weighted by Crippen LogP contribution is 2.13. The van der Waals surface area contributed by atoms with E-state index in [0.29, 0.717) is 0 Å². The SMILES string of the molecule is C=C/C(Cl)=C(\C=C(C)C)C(=O)O. The van der Waals surface area contributed by atoms with Crippen molar-refractivity contribution in [3.05, 3.63) is 34.9 Å². The Bertz CT molecular complexity index is 258. The largest absolute Gasteiger partial charge is 0.478 e. The Morgan fingerprint density at radius 1 is 1.50 bits per heavy atom. The Morgan fingerprint density at radius 2 is 2.00 bits per heavy atom. The van der Waals surface area contributed by atoms with E-state index in [-0.39, 0.29) is 10.6 Å². The van der Waals surface area contributed by atoms with Crippen molar-refractivity contribution >= 4 is 17.6 Å². The molecule has 1 N–H and O–H groups in total. The van der Waals surface area contributed by atoms with E-state index >= 15 is 0 Å². The van der Waals surface area contributed by atoms with E-state index in [1.165, 1.54) is 12.2 Å². The maximum atomic E-state index is 10.6. The van der Waals surface area contributed by atoms with Gasteiger partial charge in [-0.05, 0) is 26.0 Å². The van der Waals surface area contributed by atoms with Gasteiger partial charge in [-0.3, -0.25) is 0 Å². The van der Waals surface area contributed by atoms with E-state index in [9.17, 15) is 4.79 Å². The van der Waals surface area contributed by atoms with E-state index in [0.717, 1.165) is 5.57 Å². The van der Waals surface area contributed by atoms with Gasteiger partial charge in [0.15, 0.2) is 0 Å². The van der Waals surface area contributed by atoms with Gasteiger partial charge in [0, 0.05) is 0 Å². The fourth-order valence-corrected chi connectivity index (χ4v) is 0.767. The minimum atomic E-state index is -1.04. The Kier molecular flexibility index (Phi) is 4.37. The van der Waals surface area contributed by atoms with Gasteiger partial charge < -0.3 is 5.11 Å². The minimum absolute atomic E-state index is 0.0756. The number of carbonyl (C=O) groups is 1. The second-order valence-corrected chi connectivity index (χ2v) is 2.90. The summed E-state index contributed by atoms with van der Waals surface area (Å²) in [7, 11) is 0. The van der Waals surface area contributed by atoms with Crippen LogP contribution >= 0.6 is 11.6 Å². The molecule has 0 spiro atoms. The molecule has 0 radical (unpaired) electrons. The van der Waals surface area contributed by atoms with Crippen molar-refractivity contribution in [1.82, 2.24) is 0 Å². The van der Waals surface area contributed by atoms with Crippen LogP contribution in [0.2, 0.25) is 0 Å². The predicted octanol–water partition coefficient (Wildman–Crippen LogP) is 2.72. The molecule has 0 aliphatic rings. The quantitative estimate of drug-likeness (QED) is 0.544. The van der Waals surface area contributed by atoms with Crippen molar-refractivity contribution in [2.45, 2.75) is 13.8 Å². The summed E-state index contributed by atoms with van der Waals surface area (Å²) in [6.45, 7) is 6.99. The maximum Gasteiger partial charge on any atom is 0.337 e. The third-order valence-corrected chi connectivity index (χ3v) is 1.46.